The van der Waals surface area contributed by atoms with Gasteiger partial charge in [-0.05, 0) is 35.9 Å². The van der Waals surface area contributed by atoms with Crippen molar-refractivity contribution in [2.75, 3.05) is 7.11 Å². The minimum Gasteiger partial charge on any atom is -0.497 e. The molecular formula is C18H17Cl2N3O3S. The van der Waals surface area contributed by atoms with E-state index in [9.17, 15) is 8.42 Å². The van der Waals surface area contributed by atoms with Crippen LogP contribution in [0.3, 0.4) is 0 Å². The standard InChI is InChI=1S/C18H17Cl2N3O3S/c1-23-9-8-21-18(23)17(12-4-3-5-13(10-12)26-2)22-27(24,25)14-6-7-15(19)16(20)11-14/h3-11,17,22H,1-2H3. The molecule has 3 aromatic rings. The Bertz CT molecular complexity index is 1070. The fourth-order valence-electron chi connectivity index (χ4n) is 2.61. The minimum atomic E-state index is -3.90. The number of sulfonamides is 1. The smallest absolute Gasteiger partial charge is 0.241 e. The molecule has 0 aliphatic heterocycles. The molecule has 0 spiro atoms. The quantitative estimate of drug-likeness (QED) is 0.651. The molecule has 0 aliphatic rings. The Hall–Kier alpha value is -2.06. The van der Waals surface area contributed by atoms with Gasteiger partial charge in [0.25, 0.3) is 0 Å². The zero-order valence-corrected chi connectivity index (χ0v) is 16.9. The molecule has 0 aliphatic carbocycles. The van der Waals surface area contributed by atoms with Gasteiger partial charge >= 0.3 is 0 Å². The van der Waals surface area contributed by atoms with Crippen LogP contribution in [0.1, 0.15) is 17.4 Å². The third kappa shape index (κ3) is 4.27. The van der Waals surface area contributed by atoms with Crippen molar-refractivity contribution in [2.45, 2.75) is 10.9 Å². The maximum absolute atomic E-state index is 13.0. The Morgan fingerprint density at radius 3 is 2.56 bits per heavy atom. The van der Waals surface area contributed by atoms with Crippen LogP contribution < -0.4 is 9.46 Å². The molecule has 27 heavy (non-hydrogen) atoms. The number of nitrogens with zero attached hydrogens (tertiary/aromatic N) is 2. The monoisotopic (exact) mass is 425 g/mol. The summed E-state index contributed by atoms with van der Waals surface area (Å²) in [5, 5.41) is 0.443. The summed E-state index contributed by atoms with van der Waals surface area (Å²) < 4.78 is 35.6. The van der Waals surface area contributed by atoms with Crippen molar-refractivity contribution in [3.63, 3.8) is 0 Å². The van der Waals surface area contributed by atoms with Crippen LogP contribution in [-0.4, -0.2) is 25.1 Å². The molecule has 1 heterocycles. The van der Waals surface area contributed by atoms with E-state index in [1.165, 1.54) is 18.2 Å². The van der Waals surface area contributed by atoms with E-state index >= 15 is 0 Å². The largest absolute Gasteiger partial charge is 0.497 e. The van der Waals surface area contributed by atoms with Gasteiger partial charge in [0.1, 0.15) is 17.6 Å². The number of methoxy groups -OCH3 is 1. The van der Waals surface area contributed by atoms with E-state index in [-0.39, 0.29) is 14.9 Å². The summed E-state index contributed by atoms with van der Waals surface area (Å²) in [5.41, 5.74) is 0.687. The lowest BCUT2D eigenvalue weighted by atomic mass is 10.1. The number of ether oxygens (including phenoxy) is 1. The van der Waals surface area contributed by atoms with Gasteiger partial charge < -0.3 is 9.30 Å². The molecule has 1 N–H and O–H groups in total. The van der Waals surface area contributed by atoms with Gasteiger partial charge in [-0.1, -0.05) is 35.3 Å². The number of aryl methyl sites for hydroxylation is 1. The highest BCUT2D eigenvalue weighted by Crippen LogP contribution is 2.28. The number of hydrogen-bond acceptors (Lipinski definition) is 4. The van der Waals surface area contributed by atoms with Gasteiger partial charge in [-0.2, -0.15) is 4.72 Å². The number of rotatable bonds is 6. The van der Waals surface area contributed by atoms with Gasteiger partial charge in [-0.3, -0.25) is 0 Å². The summed E-state index contributed by atoms with van der Waals surface area (Å²) in [5.74, 6) is 1.15. The first-order valence-electron chi connectivity index (χ1n) is 7.90. The van der Waals surface area contributed by atoms with E-state index in [4.69, 9.17) is 27.9 Å². The average Bonchev–Trinajstić information content (AvgIpc) is 3.07. The van der Waals surface area contributed by atoms with Crippen LogP contribution in [0.25, 0.3) is 0 Å². The van der Waals surface area contributed by atoms with E-state index in [2.05, 4.69) is 9.71 Å². The molecule has 0 amide bonds. The topological polar surface area (TPSA) is 73.2 Å². The highest BCUT2D eigenvalue weighted by Gasteiger charge is 2.26. The van der Waals surface area contributed by atoms with Crippen LogP contribution in [0.2, 0.25) is 10.0 Å². The molecule has 6 nitrogen and oxygen atoms in total. The Labute approximate surface area is 167 Å². The minimum absolute atomic E-state index is 0.0130. The maximum Gasteiger partial charge on any atom is 0.241 e. The molecule has 0 saturated heterocycles. The zero-order valence-electron chi connectivity index (χ0n) is 14.6. The van der Waals surface area contributed by atoms with Crippen molar-refractivity contribution in [1.82, 2.24) is 14.3 Å². The van der Waals surface area contributed by atoms with Crippen molar-refractivity contribution >= 4 is 33.2 Å². The summed E-state index contributed by atoms with van der Waals surface area (Å²) in [6, 6.07) is 10.6. The van der Waals surface area contributed by atoms with E-state index in [0.29, 0.717) is 17.1 Å². The van der Waals surface area contributed by atoms with Crippen molar-refractivity contribution < 1.29 is 13.2 Å². The van der Waals surface area contributed by atoms with Crippen LogP contribution in [0.15, 0.2) is 59.8 Å². The number of benzene rings is 2. The SMILES string of the molecule is COc1cccc(C(NS(=O)(=O)c2ccc(Cl)c(Cl)c2)c2nccn2C)c1. The van der Waals surface area contributed by atoms with Crippen LogP contribution >= 0.6 is 23.2 Å². The second kappa shape index (κ2) is 7.90. The number of imidazole rings is 1. The highest BCUT2D eigenvalue weighted by molar-refractivity contribution is 7.89. The lowest BCUT2D eigenvalue weighted by Crippen LogP contribution is -2.31. The molecule has 142 valence electrons. The third-order valence-corrected chi connectivity index (χ3v) is 6.18. The fourth-order valence-corrected chi connectivity index (χ4v) is 4.18. The van der Waals surface area contributed by atoms with Crippen molar-refractivity contribution in [3.05, 3.63) is 76.3 Å². The Balaban J connectivity index is 2.05. The predicted molar refractivity (Wildman–Crippen MR) is 105 cm³/mol. The van der Waals surface area contributed by atoms with Gasteiger partial charge in [0.15, 0.2) is 0 Å². The van der Waals surface area contributed by atoms with Crippen molar-refractivity contribution in [3.8, 4) is 5.75 Å². The number of halogens is 2. The Kier molecular flexibility index (Phi) is 5.76. The summed E-state index contributed by atoms with van der Waals surface area (Å²) in [6.45, 7) is 0. The van der Waals surface area contributed by atoms with Crippen LogP contribution in [0.5, 0.6) is 5.75 Å². The van der Waals surface area contributed by atoms with Crippen molar-refractivity contribution in [2.24, 2.45) is 7.05 Å². The maximum atomic E-state index is 13.0. The fraction of sp³-hybridized carbons (Fsp3) is 0.167. The van der Waals surface area contributed by atoms with Gasteiger partial charge in [-0.25, -0.2) is 13.4 Å². The van der Waals surface area contributed by atoms with Gasteiger partial charge in [-0.15, -0.1) is 0 Å². The summed E-state index contributed by atoms with van der Waals surface area (Å²) in [4.78, 5) is 4.32. The summed E-state index contributed by atoms with van der Waals surface area (Å²) in [6.07, 6.45) is 3.35. The van der Waals surface area contributed by atoms with E-state index in [0.717, 1.165) is 0 Å². The molecule has 9 heteroatoms. The van der Waals surface area contributed by atoms with Crippen LogP contribution in [0, 0.1) is 0 Å². The van der Waals surface area contributed by atoms with Gasteiger partial charge in [0.05, 0.1) is 22.1 Å². The summed E-state index contributed by atoms with van der Waals surface area (Å²) >= 11 is 11.9. The average molecular weight is 426 g/mol. The lowest BCUT2D eigenvalue weighted by molar-refractivity contribution is 0.413. The predicted octanol–water partition coefficient (Wildman–Crippen LogP) is 3.80. The molecule has 2 aromatic carbocycles. The molecule has 3 rings (SSSR count). The van der Waals surface area contributed by atoms with E-state index in [1.807, 2.05) is 0 Å². The normalized spacial score (nSPS) is 12.7. The first kappa shape index (κ1) is 19.7. The second-order valence-corrected chi connectivity index (χ2v) is 8.33. The van der Waals surface area contributed by atoms with Crippen LogP contribution in [0.4, 0.5) is 0 Å². The molecule has 0 radical (unpaired) electrons. The van der Waals surface area contributed by atoms with Crippen LogP contribution in [-0.2, 0) is 17.1 Å². The highest BCUT2D eigenvalue weighted by atomic mass is 35.5. The molecule has 0 fully saturated rings. The van der Waals surface area contributed by atoms with Crippen molar-refractivity contribution in [1.29, 1.82) is 0 Å². The number of hydrogen-bond donors (Lipinski definition) is 1. The molecule has 0 saturated carbocycles. The lowest BCUT2D eigenvalue weighted by Gasteiger charge is -2.20. The molecular weight excluding hydrogens is 409 g/mol. The Morgan fingerprint density at radius 1 is 1.15 bits per heavy atom. The second-order valence-electron chi connectivity index (χ2n) is 5.80. The van der Waals surface area contributed by atoms with Gasteiger partial charge in [0.2, 0.25) is 10.0 Å². The van der Waals surface area contributed by atoms with Gasteiger partial charge in [0, 0.05) is 19.4 Å². The molecule has 1 aromatic heterocycles. The number of aromatic nitrogens is 2. The first-order chi connectivity index (χ1) is 12.8. The van der Waals surface area contributed by atoms with E-state index < -0.39 is 16.1 Å². The molecule has 1 unspecified atom stereocenters. The molecule has 0 bridgehead atoms. The summed E-state index contributed by atoms with van der Waals surface area (Å²) in [7, 11) is -0.552. The molecule has 1 atom stereocenters. The first-order valence-corrected chi connectivity index (χ1v) is 10.1. The Morgan fingerprint density at radius 2 is 1.93 bits per heavy atom. The van der Waals surface area contributed by atoms with E-state index in [1.54, 1.807) is 55.4 Å². The number of nitrogens with one attached hydrogen (secondary N) is 1. The third-order valence-electron chi connectivity index (χ3n) is 4.02. The zero-order chi connectivity index (χ0) is 19.6.